The summed E-state index contributed by atoms with van der Waals surface area (Å²) in [4.78, 5) is 28.3. The fourth-order valence-electron chi connectivity index (χ4n) is 4.48. The lowest BCUT2D eigenvalue weighted by molar-refractivity contribution is -0.133. The molecule has 0 radical (unpaired) electrons. The molecule has 0 bridgehead atoms. The van der Waals surface area contributed by atoms with Gasteiger partial charge in [0.1, 0.15) is 17.2 Å². The summed E-state index contributed by atoms with van der Waals surface area (Å²) in [6.45, 7) is 3.34. The minimum atomic E-state index is -0.781. The quantitative estimate of drug-likeness (QED) is 0.593. The zero-order valence-corrected chi connectivity index (χ0v) is 19.0. The number of aromatic nitrogens is 1. The van der Waals surface area contributed by atoms with Crippen molar-refractivity contribution in [2.45, 2.75) is 26.2 Å². The minimum Gasteiger partial charge on any atom is -0.497 e. The van der Waals surface area contributed by atoms with Crippen LogP contribution in [0.4, 0.5) is 0 Å². The number of nitrogens with zero attached hydrogens (tertiary/aromatic N) is 2. The first-order valence-electron chi connectivity index (χ1n) is 11.3. The fourth-order valence-corrected chi connectivity index (χ4v) is 4.48. The molecule has 7 nitrogen and oxygen atoms in total. The Hall–Kier alpha value is -3.61. The molecule has 3 aromatic rings. The van der Waals surface area contributed by atoms with Crippen molar-refractivity contribution < 1.29 is 18.8 Å². The van der Waals surface area contributed by atoms with Crippen molar-refractivity contribution in [2.24, 2.45) is 5.41 Å². The summed E-state index contributed by atoms with van der Waals surface area (Å²) in [6.07, 6.45) is 1.77. The van der Waals surface area contributed by atoms with E-state index in [1.807, 2.05) is 43.3 Å². The third-order valence-corrected chi connectivity index (χ3v) is 6.14. The molecule has 1 saturated heterocycles. The molecule has 1 aliphatic rings. The Morgan fingerprint density at radius 3 is 2.73 bits per heavy atom. The Balaban J connectivity index is 1.59. The SMILES string of the molecule is CCNC(=O)[C@]1(Cc2cc(-c3ccccc3)no2)CCCN(C(=O)c2cccc(OC)c2)C1. The third kappa shape index (κ3) is 4.92. The van der Waals surface area contributed by atoms with E-state index < -0.39 is 5.41 Å². The molecule has 1 aliphatic heterocycles. The van der Waals surface area contributed by atoms with E-state index >= 15 is 0 Å². The molecule has 0 unspecified atom stereocenters. The van der Waals surface area contributed by atoms with Crippen LogP contribution in [0.15, 0.2) is 65.2 Å². The van der Waals surface area contributed by atoms with E-state index in [-0.39, 0.29) is 11.8 Å². The standard InChI is InChI=1S/C26H29N3O4/c1-3-27-25(31)26(17-22-16-23(28-33-22)19-9-5-4-6-10-19)13-8-14-29(18-26)24(30)20-11-7-12-21(15-20)32-2/h4-7,9-12,15-16H,3,8,13-14,17-18H2,1-2H3,(H,27,31)/t26-/m0/s1. The van der Waals surface area contributed by atoms with E-state index in [0.29, 0.717) is 49.5 Å². The second-order valence-corrected chi connectivity index (χ2v) is 8.42. The number of likely N-dealkylation sites (tertiary alicyclic amines) is 1. The largest absolute Gasteiger partial charge is 0.497 e. The smallest absolute Gasteiger partial charge is 0.254 e. The Morgan fingerprint density at radius 2 is 1.97 bits per heavy atom. The molecular formula is C26H29N3O4. The van der Waals surface area contributed by atoms with Gasteiger partial charge in [-0.3, -0.25) is 9.59 Å². The summed E-state index contributed by atoms with van der Waals surface area (Å²) in [5, 5.41) is 7.18. The van der Waals surface area contributed by atoms with Crippen LogP contribution in [0.2, 0.25) is 0 Å². The van der Waals surface area contributed by atoms with Crippen LogP contribution < -0.4 is 10.1 Å². The molecule has 0 aliphatic carbocycles. The van der Waals surface area contributed by atoms with Gasteiger partial charge in [0.15, 0.2) is 0 Å². The van der Waals surface area contributed by atoms with Gasteiger partial charge in [-0.1, -0.05) is 41.6 Å². The molecule has 33 heavy (non-hydrogen) atoms. The molecule has 0 saturated carbocycles. The van der Waals surface area contributed by atoms with Crippen LogP contribution in [0, 0.1) is 5.41 Å². The first kappa shape index (κ1) is 22.6. The van der Waals surface area contributed by atoms with E-state index in [0.717, 1.165) is 17.7 Å². The lowest BCUT2D eigenvalue weighted by Gasteiger charge is -2.41. The number of carbonyl (C=O) groups is 2. The molecule has 2 heterocycles. The monoisotopic (exact) mass is 447 g/mol. The van der Waals surface area contributed by atoms with Crippen molar-refractivity contribution in [1.82, 2.24) is 15.4 Å². The predicted molar refractivity (Wildman–Crippen MR) is 125 cm³/mol. The van der Waals surface area contributed by atoms with Gasteiger partial charge >= 0.3 is 0 Å². The van der Waals surface area contributed by atoms with Crippen molar-refractivity contribution in [3.8, 4) is 17.0 Å². The Kier molecular flexibility index (Phi) is 6.77. The predicted octanol–water partition coefficient (Wildman–Crippen LogP) is 3.95. The summed E-state index contributed by atoms with van der Waals surface area (Å²) in [5.74, 6) is 1.09. The maximum atomic E-state index is 13.3. The number of hydrogen-bond donors (Lipinski definition) is 1. The fraction of sp³-hybridized carbons (Fsp3) is 0.346. The van der Waals surface area contributed by atoms with E-state index in [2.05, 4.69) is 10.5 Å². The van der Waals surface area contributed by atoms with E-state index in [1.54, 1.807) is 36.3 Å². The normalized spacial score (nSPS) is 18.1. The molecule has 7 heteroatoms. The highest BCUT2D eigenvalue weighted by molar-refractivity contribution is 5.95. The summed E-state index contributed by atoms with van der Waals surface area (Å²) in [7, 11) is 1.58. The van der Waals surface area contributed by atoms with Gasteiger partial charge in [-0.2, -0.15) is 0 Å². The highest BCUT2D eigenvalue weighted by Gasteiger charge is 2.44. The van der Waals surface area contributed by atoms with Gasteiger partial charge in [0.25, 0.3) is 5.91 Å². The Labute approximate surface area is 193 Å². The summed E-state index contributed by atoms with van der Waals surface area (Å²) in [6, 6.07) is 18.8. The first-order chi connectivity index (χ1) is 16.0. The van der Waals surface area contributed by atoms with Gasteiger partial charge in [0, 0.05) is 43.2 Å². The lowest BCUT2D eigenvalue weighted by atomic mass is 9.75. The zero-order valence-electron chi connectivity index (χ0n) is 19.0. The number of nitrogens with one attached hydrogen (secondary N) is 1. The molecule has 1 fully saturated rings. The number of piperidine rings is 1. The van der Waals surface area contributed by atoms with E-state index in [4.69, 9.17) is 9.26 Å². The Bertz CT molecular complexity index is 1110. The van der Waals surface area contributed by atoms with Crippen LogP contribution in [0.3, 0.4) is 0 Å². The number of benzene rings is 2. The minimum absolute atomic E-state index is 0.0641. The number of carbonyl (C=O) groups excluding carboxylic acids is 2. The van der Waals surface area contributed by atoms with Gasteiger partial charge in [0.05, 0.1) is 12.5 Å². The molecule has 2 amide bonds. The van der Waals surface area contributed by atoms with Crippen molar-refractivity contribution in [2.75, 3.05) is 26.7 Å². The average molecular weight is 448 g/mol. The molecule has 1 atom stereocenters. The third-order valence-electron chi connectivity index (χ3n) is 6.14. The first-order valence-corrected chi connectivity index (χ1v) is 11.3. The maximum Gasteiger partial charge on any atom is 0.254 e. The number of methoxy groups -OCH3 is 1. The molecule has 0 spiro atoms. The van der Waals surface area contributed by atoms with Crippen LogP contribution in [-0.4, -0.2) is 48.6 Å². The average Bonchev–Trinajstić information content (AvgIpc) is 3.32. The second kappa shape index (κ2) is 9.90. The van der Waals surface area contributed by atoms with Crippen molar-refractivity contribution in [3.05, 3.63) is 72.0 Å². The number of hydrogen-bond acceptors (Lipinski definition) is 5. The molecule has 1 aromatic heterocycles. The highest BCUT2D eigenvalue weighted by atomic mass is 16.5. The van der Waals surface area contributed by atoms with Gasteiger partial charge in [-0.05, 0) is 38.0 Å². The zero-order chi connectivity index (χ0) is 23.3. The van der Waals surface area contributed by atoms with Crippen LogP contribution in [0.5, 0.6) is 5.75 Å². The van der Waals surface area contributed by atoms with Crippen LogP contribution in [-0.2, 0) is 11.2 Å². The van der Waals surface area contributed by atoms with Crippen molar-refractivity contribution in [1.29, 1.82) is 0 Å². The van der Waals surface area contributed by atoms with Gasteiger partial charge in [-0.25, -0.2) is 0 Å². The highest BCUT2D eigenvalue weighted by Crippen LogP contribution is 2.36. The maximum absolute atomic E-state index is 13.3. The van der Waals surface area contributed by atoms with E-state index in [1.165, 1.54) is 0 Å². The van der Waals surface area contributed by atoms with Gasteiger partial charge in [-0.15, -0.1) is 0 Å². The molecule has 2 aromatic carbocycles. The second-order valence-electron chi connectivity index (χ2n) is 8.42. The number of ether oxygens (including phenoxy) is 1. The van der Waals surface area contributed by atoms with Crippen LogP contribution in [0.25, 0.3) is 11.3 Å². The van der Waals surface area contributed by atoms with Gasteiger partial charge in [0.2, 0.25) is 5.91 Å². The molecular weight excluding hydrogens is 418 g/mol. The number of amides is 2. The lowest BCUT2D eigenvalue weighted by Crippen LogP contribution is -2.54. The van der Waals surface area contributed by atoms with E-state index in [9.17, 15) is 9.59 Å². The molecule has 172 valence electrons. The topological polar surface area (TPSA) is 84.7 Å². The van der Waals surface area contributed by atoms with Crippen molar-refractivity contribution in [3.63, 3.8) is 0 Å². The van der Waals surface area contributed by atoms with Crippen LogP contribution in [0.1, 0.15) is 35.9 Å². The summed E-state index contributed by atoms with van der Waals surface area (Å²) in [5.41, 5.74) is 1.46. The molecule has 1 N–H and O–H groups in total. The number of rotatable bonds is 7. The molecule has 4 rings (SSSR count). The summed E-state index contributed by atoms with van der Waals surface area (Å²) >= 11 is 0. The summed E-state index contributed by atoms with van der Waals surface area (Å²) < 4.78 is 10.9. The van der Waals surface area contributed by atoms with Gasteiger partial charge < -0.3 is 19.5 Å². The van der Waals surface area contributed by atoms with Crippen molar-refractivity contribution >= 4 is 11.8 Å². The van der Waals surface area contributed by atoms with Crippen LogP contribution >= 0.6 is 0 Å². The Morgan fingerprint density at radius 1 is 1.15 bits per heavy atom.